The summed E-state index contributed by atoms with van der Waals surface area (Å²) in [6, 6.07) is 29.0. The third kappa shape index (κ3) is 4.82. The molecule has 0 aliphatic carbocycles. The lowest BCUT2D eigenvalue weighted by atomic mass is 9.70. The molecule has 6 heteroatoms. The largest absolute Gasteiger partial charge is 0.481 e. The van der Waals surface area contributed by atoms with E-state index >= 15 is 0 Å². The number of hydrogen-bond acceptors (Lipinski definition) is 6. The molecular formula is C32H33N3O3. The van der Waals surface area contributed by atoms with E-state index in [2.05, 4.69) is 73.6 Å². The quantitative estimate of drug-likeness (QED) is 0.221. The number of hydrogen-bond donors (Lipinski definition) is 1. The van der Waals surface area contributed by atoms with E-state index in [-0.39, 0.29) is 5.92 Å². The third-order valence-electron chi connectivity index (χ3n) is 7.22. The van der Waals surface area contributed by atoms with Crippen molar-refractivity contribution in [3.05, 3.63) is 120 Å². The first kappa shape index (κ1) is 25.7. The van der Waals surface area contributed by atoms with Crippen LogP contribution in [0.25, 0.3) is 21.9 Å². The zero-order chi connectivity index (χ0) is 26.5. The molecule has 3 aromatic carbocycles. The number of fused-ring (bicyclic) bond motifs is 1. The Morgan fingerprint density at radius 3 is 2.42 bits per heavy atom. The Morgan fingerprint density at radius 2 is 1.71 bits per heavy atom. The average molecular weight is 508 g/mol. The van der Waals surface area contributed by atoms with Gasteiger partial charge in [-0.1, -0.05) is 72.8 Å². The highest BCUT2D eigenvalue weighted by atomic mass is 16.6. The predicted octanol–water partition coefficient (Wildman–Crippen LogP) is 6.37. The van der Waals surface area contributed by atoms with Crippen LogP contribution < -0.4 is 10.6 Å². The van der Waals surface area contributed by atoms with E-state index in [0.717, 1.165) is 45.1 Å². The maximum Gasteiger partial charge on any atom is 0.217 e. The minimum absolute atomic E-state index is 0.339. The van der Waals surface area contributed by atoms with E-state index in [1.807, 2.05) is 30.3 Å². The molecule has 38 heavy (non-hydrogen) atoms. The highest BCUT2D eigenvalue weighted by Crippen LogP contribution is 2.50. The molecule has 2 N–H and O–H groups in total. The van der Waals surface area contributed by atoms with Crippen molar-refractivity contribution < 1.29 is 14.0 Å². The lowest BCUT2D eigenvalue weighted by Gasteiger charge is -2.41. The molecule has 0 radical (unpaired) electrons. The first-order chi connectivity index (χ1) is 18.6. The molecular weight excluding hydrogens is 474 g/mol. The first-order valence-electron chi connectivity index (χ1n) is 12.7. The van der Waals surface area contributed by atoms with Crippen molar-refractivity contribution >= 4 is 10.8 Å². The van der Waals surface area contributed by atoms with Gasteiger partial charge in [0.05, 0.1) is 19.6 Å². The van der Waals surface area contributed by atoms with Crippen LogP contribution in [0, 0.1) is 0 Å². The molecule has 2 aromatic heterocycles. The number of rotatable bonds is 10. The lowest BCUT2D eigenvalue weighted by molar-refractivity contribution is -0.0747. The van der Waals surface area contributed by atoms with Crippen molar-refractivity contribution in [2.45, 2.75) is 17.9 Å². The number of aromatic nitrogens is 1. The van der Waals surface area contributed by atoms with Crippen LogP contribution in [-0.4, -0.2) is 37.6 Å². The molecule has 0 amide bonds. The number of furan rings is 1. The van der Waals surface area contributed by atoms with Gasteiger partial charge in [-0.05, 0) is 54.5 Å². The van der Waals surface area contributed by atoms with Gasteiger partial charge in [0.25, 0.3) is 0 Å². The molecule has 0 saturated heterocycles. The van der Waals surface area contributed by atoms with E-state index in [0.29, 0.717) is 12.3 Å². The fourth-order valence-electron chi connectivity index (χ4n) is 5.39. The maximum atomic E-state index is 6.42. The smallest absolute Gasteiger partial charge is 0.217 e. The van der Waals surface area contributed by atoms with Crippen LogP contribution in [0.3, 0.4) is 0 Å². The Balaban J connectivity index is 1.84. The molecule has 6 nitrogen and oxygen atoms in total. The van der Waals surface area contributed by atoms with E-state index in [4.69, 9.17) is 24.9 Å². The number of methoxy groups -OCH3 is 1. The van der Waals surface area contributed by atoms with Gasteiger partial charge in [-0.15, -0.1) is 0 Å². The molecule has 2 atom stereocenters. The van der Waals surface area contributed by atoms with Crippen LogP contribution in [0.1, 0.15) is 29.0 Å². The number of benzene rings is 3. The van der Waals surface area contributed by atoms with E-state index < -0.39 is 5.60 Å². The summed E-state index contributed by atoms with van der Waals surface area (Å²) in [5.74, 6) is 6.61. The van der Waals surface area contributed by atoms with Gasteiger partial charge in [0, 0.05) is 35.3 Å². The molecule has 2 heterocycles. The highest BCUT2D eigenvalue weighted by Gasteiger charge is 2.46. The second-order valence-electron chi connectivity index (χ2n) is 9.77. The summed E-state index contributed by atoms with van der Waals surface area (Å²) in [6.07, 6.45) is 5.81. The Bertz CT molecular complexity index is 1480. The summed E-state index contributed by atoms with van der Waals surface area (Å²) < 4.78 is 11.2. The van der Waals surface area contributed by atoms with Crippen molar-refractivity contribution in [2.75, 3.05) is 27.7 Å². The summed E-state index contributed by atoms with van der Waals surface area (Å²) in [6.45, 7) is 0.751. The van der Waals surface area contributed by atoms with E-state index in [9.17, 15) is 0 Å². The summed E-state index contributed by atoms with van der Waals surface area (Å²) in [5.41, 5.74) is 3.86. The molecule has 0 aliphatic rings. The minimum Gasteiger partial charge on any atom is -0.481 e. The van der Waals surface area contributed by atoms with Crippen LogP contribution in [0.4, 0.5) is 0 Å². The molecule has 0 spiro atoms. The van der Waals surface area contributed by atoms with Gasteiger partial charge >= 0.3 is 0 Å². The molecule has 5 rings (SSSR count). The normalized spacial score (nSPS) is 13.9. The van der Waals surface area contributed by atoms with Crippen LogP contribution in [0.2, 0.25) is 0 Å². The summed E-state index contributed by atoms with van der Waals surface area (Å²) in [7, 11) is 5.77. The van der Waals surface area contributed by atoms with Crippen molar-refractivity contribution in [2.24, 2.45) is 5.90 Å². The fraction of sp³-hybridized carbons (Fsp3) is 0.219. The number of nitrogens with two attached hydrogens (primary N) is 1. The second kappa shape index (κ2) is 11.2. The van der Waals surface area contributed by atoms with E-state index in [1.54, 1.807) is 25.8 Å². The Hall–Kier alpha value is -3.97. The van der Waals surface area contributed by atoms with Crippen LogP contribution in [0.5, 0.6) is 5.88 Å². The fourth-order valence-corrected chi connectivity index (χ4v) is 5.39. The zero-order valence-electron chi connectivity index (χ0n) is 22.0. The summed E-state index contributed by atoms with van der Waals surface area (Å²) in [5, 5.41) is 2.22. The number of ether oxygens (including phenoxy) is 1. The van der Waals surface area contributed by atoms with Crippen LogP contribution >= 0.6 is 0 Å². The topological polar surface area (TPSA) is 73.8 Å². The zero-order valence-corrected chi connectivity index (χ0v) is 22.0. The van der Waals surface area contributed by atoms with Gasteiger partial charge < -0.3 is 14.1 Å². The van der Waals surface area contributed by atoms with Gasteiger partial charge in [0.2, 0.25) is 5.88 Å². The average Bonchev–Trinajstić information content (AvgIpc) is 3.50. The predicted molar refractivity (Wildman–Crippen MR) is 151 cm³/mol. The number of nitrogens with zero attached hydrogens (tertiary/aromatic N) is 2. The van der Waals surface area contributed by atoms with Crippen molar-refractivity contribution in [1.29, 1.82) is 0 Å². The molecule has 0 aliphatic heterocycles. The first-order valence-corrected chi connectivity index (χ1v) is 12.7. The SMILES string of the molecule is COc1ncc(-c2ccoc2)cc1C(c1ccccc1)C(CCN(C)C)(ON)c1cccc2ccccc12. The molecule has 2 unspecified atom stereocenters. The lowest BCUT2D eigenvalue weighted by Crippen LogP contribution is -2.42. The van der Waals surface area contributed by atoms with Gasteiger partial charge in [-0.25, -0.2) is 10.9 Å². The molecule has 0 bridgehead atoms. The van der Waals surface area contributed by atoms with Crippen LogP contribution in [-0.2, 0) is 10.4 Å². The maximum absolute atomic E-state index is 6.42. The Kier molecular flexibility index (Phi) is 7.56. The third-order valence-corrected chi connectivity index (χ3v) is 7.22. The van der Waals surface area contributed by atoms with Crippen molar-refractivity contribution in [1.82, 2.24) is 9.88 Å². The molecule has 194 valence electrons. The van der Waals surface area contributed by atoms with Gasteiger partial charge in [0.15, 0.2) is 0 Å². The van der Waals surface area contributed by atoms with Gasteiger partial charge in [0.1, 0.15) is 5.60 Å². The number of pyridine rings is 1. The Morgan fingerprint density at radius 1 is 0.947 bits per heavy atom. The van der Waals surface area contributed by atoms with E-state index in [1.165, 1.54) is 0 Å². The second-order valence-corrected chi connectivity index (χ2v) is 9.77. The van der Waals surface area contributed by atoms with Gasteiger partial charge in [-0.2, -0.15) is 0 Å². The summed E-state index contributed by atoms with van der Waals surface area (Å²) >= 11 is 0. The van der Waals surface area contributed by atoms with Crippen LogP contribution in [0.15, 0.2) is 108 Å². The monoisotopic (exact) mass is 507 g/mol. The summed E-state index contributed by atoms with van der Waals surface area (Å²) in [4.78, 5) is 13.1. The molecule has 0 saturated carbocycles. The minimum atomic E-state index is -0.948. The molecule has 5 aromatic rings. The van der Waals surface area contributed by atoms with Crippen molar-refractivity contribution in [3.8, 4) is 17.0 Å². The standard InChI is InChI=1S/C32H33N3O3/c1-35(2)18-17-32(38-33,29-15-9-13-23-10-7-8-14-27(23)29)30(24-11-5-4-6-12-24)28-20-26(21-34-31(28)36-3)25-16-19-37-22-25/h4-16,19-22,30H,17-18,33H2,1-3H3. The molecule has 0 fully saturated rings. The Labute approximate surface area is 223 Å². The highest BCUT2D eigenvalue weighted by molar-refractivity contribution is 5.87. The van der Waals surface area contributed by atoms with Crippen molar-refractivity contribution in [3.63, 3.8) is 0 Å². The van der Waals surface area contributed by atoms with Gasteiger partial charge in [-0.3, -0.25) is 4.84 Å².